The smallest absolute Gasteiger partial charge is 0.260 e. The molecule has 2 unspecified atom stereocenters. The van der Waals surface area contributed by atoms with Gasteiger partial charge in [-0.2, -0.15) is 0 Å². The number of methoxy groups -OCH3 is 1. The van der Waals surface area contributed by atoms with Crippen LogP contribution in [-0.4, -0.2) is 32.2 Å². The number of hydrogen-bond donors (Lipinski definition) is 2. The molecule has 0 fully saturated rings. The van der Waals surface area contributed by atoms with Crippen LogP contribution in [0.1, 0.15) is 25.8 Å². The second-order valence-electron chi connectivity index (χ2n) is 4.73. The molecule has 1 aromatic rings. The fourth-order valence-corrected chi connectivity index (χ4v) is 1.83. The van der Waals surface area contributed by atoms with Gasteiger partial charge in [-0.1, -0.05) is 13.0 Å². The molecule has 2 atom stereocenters. The van der Waals surface area contributed by atoms with E-state index < -0.39 is 6.10 Å². The summed E-state index contributed by atoms with van der Waals surface area (Å²) >= 11 is 0. The monoisotopic (exact) mass is 280 g/mol. The third-order valence-corrected chi connectivity index (χ3v) is 3.17. The van der Waals surface area contributed by atoms with E-state index in [0.717, 1.165) is 18.4 Å². The molecule has 1 aromatic carbocycles. The van der Waals surface area contributed by atoms with Crippen LogP contribution in [0.15, 0.2) is 18.2 Å². The van der Waals surface area contributed by atoms with Crippen LogP contribution in [0.5, 0.6) is 11.5 Å². The summed E-state index contributed by atoms with van der Waals surface area (Å²) in [5.41, 5.74) is 7.03. The van der Waals surface area contributed by atoms with Crippen molar-refractivity contribution >= 4 is 5.91 Å². The van der Waals surface area contributed by atoms with E-state index >= 15 is 0 Å². The molecule has 1 amide bonds. The number of likely N-dealkylation sites (N-methyl/N-ethyl adjacent to an activating group) is 1. The van der Waals surface area contributed by atoms with Gasteiger partial charge in [0, 0.05) is 13.1 Å². The minimum absolute atomic E-state index is 0.118. The summed E-state index contributed by atoms with van der Waals surface area (Å²) < 4.78 is 10.9. The minimum Gasteiger partial charge on any atom is -0.493 e. The van der Waals surface area contributed by atoms with E-state index in [0.29, 0.717) is 11.5 Å². The molecular formula is C15H24N2O3. The van der Waals surface area contributed by atoms with Gasteiger partial charge in [-0.25, -0.2) is 0 Å². The van der Waals surface area contributed by atoms with Crippen molar-refractivity contribution in [2.75, 3.05) is 14.2 Å². The summed E-state index contributed by atoms with van der Waals surface area (Å²) in [5.74, 6) is 0.988. The topological polar surface area (TPSA) is 73.6 Å². The van der Waals surface area contributed by atoms with Crippen molar-refractivity contribution in [1.82, 2.24) is 5.32 Å². The number of carbonyl (C=O) groups excluding carboxylic acids is 1. The fourth-order valence-electron chi connectivity index (χ4n) is 1.83. The highest BCUT2D eigenvalue weighted by Crippen LogP contribution is 2.29. The minimum atomic E-state index is -0.580. The van der Waals surface area contributed by atoms with Crippen LogP contribution in [0, 0.1) is 0 Å². The highest BCUT2D eigenvalue weighted by atomic mass is 16.5. The van der Waals surface area contributed by atoms with E-state index in [-0.39, 0.29) is 11.9 Å². The molecule has 0 saturated heterocycles. The average molecular weight is 280 g/mol. The third kappa shape index (κ3) is 4.42. The summed E-state index contributed by atoms with van der Waals surface area (Å²) in [6.45, 7) is 3.75. The first kappa shape index (κ1) is 16.3. The zero-order valence-corrected chi connectivity index (χ0v) is 12.6. The van der Waals surface area contributed by atoms with Gasteiger partial charge in [0.1, 0.15) is 0 Å². The van der Waals surface area contributed by atoms with Gasteiger partial charge < -0.3 is 20.5 Å². The van der Waals surface area contributed by atoms with Gasteiger partial charge in [-0.05, 0) is 37.5 Å². The van der Waals surface area contributed by atoms with Gasteiger partial charge >= 0.3 is 0 Å². The fraction of sp³-hybridized carbons (Fsp3) is 0.533. The van der Waals surface area contributed by atoms with Gasteiger partial charge in [0.25, 0.3) is 5.91 Å². The van der Waals surface area contributed by atoms with E-state index in [2.05, 4.69) is 12.2 Å². The molecule has 0 bridgehead atoms. The van der Waals surface area contributed by atoms with E-state index in [1.54, 1.807) is 21.1 Å². The molecule has 0 aromatic heterocycles. The molecule has 5 heteroatoms. The van der Waals surface area contributed by atoms with Crippen LogP contribution < -0.4 is 20.5 Å². The lowest BCUT2D eigenvalue weighted by Crippen LogP contribution is -2.33. The Labute approximate surface area is 120 Å². The summed E-state index contributed by atoms with van der Waals surface area (Å²) in [5, 5.41) is 2.55. The van der Waals surface area contributed by atoms with Crippen molar-refractivity contribution in [3.63, 3.8) is 0 Å². The lowest BCUT2D eigenvalue weighted by Gasteiger charge is -2.17. The summed E-state index contributed by atoms with van der Waals surface area (Å²) in [6.07, 6.45) is 1.10. The van der Waals surface area contributed by atoms with E-state index in [1.165, 1.54) is 0 Å². The Balaban J connectivity index is 2.91. The lowest BCUT2D eigenvalue weighted by molar-refractivity contribution is -0.126. The van der Waals surface area contributed by atoms with Crippen molar-refractivity contribution in [3.8, 4) is 11.5 Å². The summed E-state index contributed by atoms with van der Waals surface area (Å²) in [6, 6.07) is 5.80. The Kier molecular flexibility index (Phi) is 6.31. The van der Waals surface area contributed by atoms with Crippen molar-refractivity contribution in [3.05, 3.63) is 23.8 Å². The molecule has 0 spiro atoms. The Bertz CT molecular complexity index is 449. The molecule has 0 aliphatic heterocycles. The molecule has 3 N–H and O–H groups in total. The largest absolute Gasteiger partial charge is 0.493 e. The van der Waals surface area contributed by atoms with E-state index in [4.69, 9.17) is 15.2 Å². The van der Waals surface area contributed by atoms with Gasteiger partial charge in [0.05, 0.1) is 7.11 Å². The second kappa shape index (κ2) is 7.75. The quantitative estimate of drug-likeness (QED) is 0.793. The highest BCUT2D eigenvalue weighted by molar-refractivity contribution is 5.80. The van der Waals surface area contributed by atoms with Crippen LogP contribution in [0.3, 0.4) is 0 Å². The number of hydrogen-bond acceptors (Lipinski definition) is 4. The van der Waals surface area contributed by atoms with Gasteiger partial charge in [0.15, 0.2) is 17.6 Å². The van der Waals surface area contributed by atoms with Gasteiger partial charge in [-0.15, -0.1) is 0 Å². The Morgan fingerprint density at radius 1 is 1.40 bits per heavy atom. The van der Waals surface area contributed by atoms with Crippen LogP contribution in [0.4, 0.5) is 0 Å². The average Bonchev–Trinajstić information content (AvgIpc) is 2.46. The first-order valence-electron chi connectivity index (χ1n) is 6.82. The molecule has 0 radical (unpaired) electrons. The molecule has 20 heavy (non-hydrogen) atoms. The summed E-state index contributed by atoms with van der Waals surface area (Å²) in [4.78, 5) is 11.5. The lowest BCUT2D eigenvalue weighted by atomic mass is 10.0. The Morgan fingerprint density at radius 2 is 2.10 bits per heavy atom. The molecule has 112 valence electrons. The van der Waals surface area contributed by atoms with E-state index in [1.807, 2.05) is 18.2 Å². The van der Waals surface area contributed by atoms with Crippen LogP contribution in [-0.2, 0) is 11.2 Å². The van der Waals surface area contributed by atoms with Gasteiger partial charge in [-0.3, -0.25) is 4.79 Å². The number of carbonyl (C=O) groups is 1. The molecule has 0 aliphatic carbocycles. The number of amides is 1. The van der Waals surface area contributed by atoms with Crippen molar-refractivity contribution in [1.29, 1.82) is 0 Å². The Hall–Kier alpha value is -1.75. The molecule has 5 nitrogen and oxygen atoms in total. The second-order valence-corrected chi connectivity index (χ2v) is 4.73. The van der Waals surface area contributed by atoms with E-state index in [9.17, 15) is 4.79 Å². The van der Waals surface area contributed by atoms with Crippen molar-refractivity contribution in [2.45, 2.75) is 38.8 Å². The van der Waals surface area contributed by atoms with Crippen LogP contribution in [0.25, 0.3) is 0 Å². The zero-order valence-electron chi connectivity index (χ0n) is 12.6. The number of nitrogens with two attached hydrogens (primary N) is 1. The third-order valence-electron chi connectivity index (χ3n) is 3.17. The SMILES string of the molecule is CCC(N)Cc1ccc(OC)c(OC(C)C(=O)NC)c1. The predicted molar refractivity (Wildman–Crippen MR) is 79.1 cm³/mol. The first-order chi connectivity index (χ1) is 9.51. The van der Waals surface area contributed by atoms with Crippen molar-refractivity contribution < 1.29 is 14.3 Å². The molecule has 0 saturated carbocycles. The van der Waals surface area contributed by atoms with Crippen LogP contribution in [0.2, 0.25) is 0 Å². The maximum atomic E-state index is 11.5. The van der Waals surface area contributed by atoms with Gasteiger partial charge in [0.2, 0.25) is 0 Å². The standard InChI is InChI=1S/C15H24N2O3/c1-5-12(16)8-11-6-7-13(19-4)14(9-11)20-10(2)15(18)17-3/h6-7,9-10,12H,5,8,16H2,1-4H3,(H,17,18). The zero-order chi connectivity index (χ0) is 15.1. The first-order valence-corrected chi connectivity index (χ1v) is 6.82. The van der Waals surface area contributed by atoms with Crippen LogP contribution >= 0.6 is 0 Å². The summed E-state index contributed by atoms with van der Waals surface area (Å²) in [7, 11) is 3.15. The molecule has 1 rings (SSSR count). The van der Waals surface area contributed by atoms with Crippen molar-refractivity contribution in [2.24, 2.45) is 5.73 Å². The number of rotatable bonds is 7. The number of nitrogens with one attached hydrogen (secondary N) is 1. The number of benzene rings is 1. The highest BCUT2D eigenvalue weighted by Gasteiger charge is 2.16. The maximum Gasteiger partial charge on any atom is 0.260 e. The molecule has 0 heterocycles. The molecular weight excluding hydrogens is 256 g/mol. The molecule has 0 aliphatic rings. The number of ether oxygens (including phenoxy) is 2. The Morgan fingerprint density at radius 3 is 2.65 bits per heavy atom. The predicted octanol–water partition coefficient (Wildman–Crippen LogP) is 1.49. The maximum absolute atomic E-state index is 11.5. The normalized spacial score (nSPS) is 13.4.